The van der Waals surface area contributed by atoms with Crippen molar-refractivity contribution in [1.29, 1.82) is 0 Å². The van der Waals surface area contributed by atoms with Crippen molar-refractivity contribution in [3.8, 4) is 0 Å². The predicted octanol–water partition coefficient (Wildman–Crippen LogP) is 3.48. The zero-order chi connectivity index (χ0) is 14.4. The van der Waals surface area contributed by atoms with Crippen LogP contribution in [0, 0.1) is 0 Å². The van der Waals surface area contributed by atoms with Crippen molar-refractivity contribution in [3.05, 3.63) is 53.6 Å². The Balaban J connectivity index is 0.000000160. The first-order valence-corrected chi connectivity index (χ1v) is 6.80. The van der Waals surface area contributed by atoms with E-state index in [-0.39, 0.29) is 0 Å². The fourth-order valence-electron chi connectivity index (χ4n) is 2.17. The van der Waals surface area contributed by atoms with Crippen molar-refractivity contribution in [2.75, 3.05) is 13.2 Å². The summed E-state index contributed by atoms with van der Waals surface area (Å²) in [5.41, 5.74) is 3.95. The van der Waals surface area contributed by atoms with Gasteiger partial charge in [-0.2, -0.15) is 0 Å². The number of aliphatic imine (C=N–C) groups is 1. The minimum absolute atomic E-state index is 0.382. The Kier molecular flexibility index (Phi) is 5.05. The number of carbonyl (C=O) groups excluding carboxylic acids is 1. The van der Waals surface area contributed by atoms with Gasteiger partial charge in [0.25, 0.3) is 0 Å². The Morgan fingerprint density at radius 2 is 2.25 bits per heavy atom. The van der Waals surface area contributed by atoms with Crippen LogP contribution >= 0.6 is 0 Å². The van der Waals surface area contributed by atoms with Gasteiger partial charge in [-0.25, -0.2) is 9.79 Å². The molecule has 1 fully saturated rings. The van der Waals surface area contributed by atoms with E-state index in [9.17, 15) is 4.79 Å². The molecule has 1 heterocycles. The third-order valence-corrected chi connectivity index (χ3v) is 3.36. The topological polar surface area (TPSA) is 42.0 Å². The number of benzene rings is 1. The Labute approximate surface area is 119 Å². The number of allylic oxidation sites excluding steroid dienone is 2. The molecule has 0 N–H and O–H groups in total. The number of ether oxygens (including phenoxy) is 1. The van der Waals surface area contributed by atoms with Gasteiger partial charge in [-0.3, -0.25) is 0 Å². The summed E-state index contributed by atoms with van der Waals surface area (Å²) in [7, 11) is 0. The standard InChI is InChI=1S/C12H12.C5H7NO2/c1-9(2)11-8-7-10-5-3-4-6-12(10)11;7-4-6-2-1-5-3-8-5/h3-8,11H,1H2,2H3;5H,1-3H2. The lowest BCUT2D eigenvalue weighted by atomic mass is 9.95. The molecular weight excluding hydrogens is 250 g/mol. The summed E-state index contributed by atoms with van der Waals surface area (Å²) in [5.74, 6) is 0.446. The molecule has 104 valence electrons. The smallest absolute Gasteiger partial charge is 0.234 e. The van der Waals surface area contributed by atoms with E-state index in [2.05, 4.69) is 54.9 Å². The van der Waals surface area contributed by atoms with Crippen LogP contribution in [-0.4, -0.2) is 25.3 Å². The van der Waals surface area contributed by atoms with E-state index in [4.69, 9.17) is 4.74 Å². The minimum Gasteiger partial charge on any atom is -0.373 e. The van der Waals surface area contributed by atoms with Crippen LogP contribution in [0.5, 0.6) is 0 Å². The van der Waals surface area contributed by atoms with Gasteiger partial charge in [-0.15, -0.1) is 0 Å². The molecule has 20 heavy (non-hydrogen) atoms. The Hall–Kier alpha value is -1.96. The van der Waals surface area contributed by atoms with Crippen LogP contribution in [0.15, 0.2) is 47.5 Å². The van der Waals surface area contributed by atoms with Crippen LogP contribution < -0.4 is 0 Å². The minimum atomic E-state index is 0.382. The number of hydrogen-bond donors (Lipinski definition) is 0. The number of isocyanates is 1. The van der Waals surface area contributed by atoms with E-state index in [0.29, 0.717) is 18.6 Å². The first-order chi connectivity index (χ1) is 9.72. The van der Waals surface area contributed by atoms with Gasteiger partial charge in [0.15, 0.2) is 0 Å². The summed E-state index contributed by atoms with van der Waals surface area (Å²) in [6.07, 6.45) is 7.11. The fraction of sp³-hybridized carbons (Fsp3) is 0.353. The summed E-state index contributed by atoms with van der Waals surface area (Å²) in [6.45, 7) is 7.47. The lowest BCUT2D eigenvalue weighted by Gasteiger charge is -2.09. The molecule has 0 spiro atoms. The molecule has 2 atom stereocenters. The molecule has 0 bridgehead atoms. The zero-order valence-corrected chi connectivity index (χ0v) is 11.7. The van der Waals surface area contributed by atoms with E-state index in [0.717, 1.165) is 13.0 Å². The van der Waals surface area contributed by atoms with Crippen LogP contribution in [0.25, 0.3) is 6.08 Å². The molecule has 1 saturated heterocycles. The van der Waals surface area contributed by atoms with Gasteiger partial charge in [0.1, 0.15) is 0 Å². The summed E-state index contributed by atoms with van der Waals surface area (Å²) in [6, 6.07) is 8.48. The second-order valence-corrected chi connectivity index (χ2v) is 5.03. The molecular formula is C17H19NO2. The van der Waals surface area contributed by atoms with Gasteiger partial charge in [-0.1, -0.05) is 48.6 Å². The van der Waals surface area contributed by atoms with Crippen LogP contribution in [0.4, 0.5) is 0 Å². The highest BCUT2D eigenvalue weighted by molar-refractivity contribution is 5.64. The Morgan fingerprint density at radius 1 is 1.50 bits per heavy atom. The SMILES string of the molecule is C=C(C)C1C=Cc2ccccc21.O=C=NCCC1CO1. The van der Waals surface area contributed by atoms with Gasteiger partial charge in [0, 0.05) is 5.92 Å². The molecule has 0 amide bonds. The van der Waals surface area contributed by atoms with Crippen LogP contribution in [0.3, 0.4) is 0 Å². The molecule has 1 aromatic rings. The van der Waals surface area contributed by atoms with Gasteiger partial charge in [0.05, 0.1) is 19.3 Å². The maximum absolute atomic E-state index is 9.47. The number of nitrogens with zero attached hydrogens (tertiary/aromatic N) is 1. The maximum atomic E-state index is 9.47. The predicted molar refractivity (Wildman–Crippen MR) is 80.4 cm³/mol. The summed E-state index contributed by atoms with van der Waals surface area (Å²) >= 11 is 0. The van der Waals surface area contributed by atoms with Crippen molar-refractivity contribution >= 4 is 12.2 Å². The highest BCUT2D eigenvalue weighted by Crippen LogP contribution is 2.33. The number of rotatable bonds is 4. The molecule has 1 aliphatic heterocycles. The van der Waals surface area contributed by atoms with Crippen molar-refractivity contribution in [2.45, 2.75) is 25.4 Å². The van der Waals surface area contributed by atoms with Crippen LogP contribution in [-0.2, 0) is 9.53 Å². The van der Waals surface area contributed by atoms with Gasteiger partial charge >= 0.3 is 0 Å². The molecule has 1 aromatic carbocycles. The van der Waals surface area contributed by atoms with E-state index in [1.54, 1.807) is 0 Å². The van der Waals surface area contributed by atoms with E-state index in [1.807, 2.05) is 0 Å². The van der Waals surface area contributed by atoms with Crippen LogP contribution in [0.2, 0.25) is 0 Å². The quantitative estimate of drug-likeness (QED) is 0.363. The van der Waals surface area contributed by atoms with Crippen molar-refractivity contribution in [2.24, 2.45) is 4.99 Å². The lowest BCUT2D eigenvalue weighted by molar-refractivity contribution is 0.399. The normalized spacial score (nSPS) is 21.2. The third-order valence-electron chi connectivity index (χ3n) is 3.36. The first-order valence-electron chi connectivity index (χ1n) is 6.80. The summed E-state index contributed by atoms with van der Waals surface area (Å²) in [4.78, 5) is 12.8. The van der Waals surface area contributed by atoms with E-state index >= 15 is 0 Å². The molecule has 3 heteroatoms. The Morgan fingerprint density at radius 3 is 2.90 bits per heavy atom. The second kappa shape index (κ2) is 6.99. The first kappa shape index (κ1) is 14.4. The number of hydrogen-bond acceptors (Lipinski definition) is 3. The molecule has 1 aliphatic carbocycles. The lowest BCUT2D eigenvalue weighted by Crippen LogP contribution is -1.92. The average molecular weight is 269 g/mol. The van der Waals surface area contributed by atoms with Crippen molar-refractivity contribution in [1.82, 2.24) is 0 Å². The molecule has 2 unspecified atom stereocenters. The van der Waals surface area contributed by atoms with E-state index < -0.39 is 0 Å². The second-order valence-electron chi connectivity index (χ2n) is 5.03. The molecule has 2 aliphatic rings. The third kappa shape index (κ3) is 4.02. The molecule has 0 aromatic heterocycles. The molecule has 0 saturated carbocycles. The average Bonchev–Trinajstić information content (AvgIpc) is 3.17. The largest absolute Gasteiger partial charge is 0.373 e. The Bertz CT molecular complexity index is 552. The highest BCUT2D eigenvalue weighted by Gasteiger charge is 2.20. The molecule has 3 nitrogen and oxygen atoms in total. The van der Waals surface area contributed by atoms with Crippen LogP contribution in [0.1, 0.15) is 30.4 Å². The van der Waals surface area contributed by atoms with E-state index in [1.165, 1.54) is 22.8 Å². The van der Waals surface area contributed by atoms with Crippen molar-refractivity contribution in [3.63, 3.8) is 0 Å². The van der Waals surface area contributed by atoms with Gasteiger partial charge in [0.2, 0.25) is 6.08 Å². The summed E-state index contributed by atoms with van der Waals surface area (Å²) in [5, 5.41) is 0. The zero-order valence-electron chi connectivity index (χ0n) is 11.7. The molecule has 3 rings (SSSR count). The monoisotopic (exact) mass is 269 g/mol. The van der Waals surface area contributed by atoms with Gasteiger partial charge < -0.3 is 4.74 Å². The maximum Gasteiger partial charge on any atom is 0.234 e. The number of epoxide rings is 1. The summed E-state index contributed by atoms with van der Waals surface area (Å²) < 4.78 is 4.87. The number of fused-ring (bicyclic) bond motifs is 1. The van der Waals surface area contributed by atoms with Gasteiger partial charge in [-0.05, 0) is 24.5 Å². The fourth-order valence-corrected chi connectivity index (χ4v) is 2.17. The highest BCUT2D eigenvalue weighted by atomic mass is 16.6. The molecule has 0 radical (unpaired) electrons. The van der Waals surface area contributed by atoms with Crippen molar-refractivity contribution < 1.29 is 9.53 Å².